The third kappa shape index (κ3) is 4.16. The zero-order valence-electron chi connectivity index (χ0n) is 18.0. The number of carbonyl (C=O) groups is 1. The summed E-state index contributed by atoms with van der Waals surface area (Å²) in [6.07, 6.45) is 0.582. The van der Waals surface area contributed by atoms with Gasteiger partial charge in [0, 0.05) is 17.0 Å². The van der Waals surface area contributed by atoms with E-state index in [4.69, 9.17) is 4.98 Å². The molecule has 5 nitrogen and oxygen atoms in total. The number of anilines is 1. The van der Waals surface area contributed by atoms with E-state index < -0.39 is 0 Å². The number of rotatable bonds is 6. The van der Waals surface area contributed by atoms with Gasteiger partial charge in [0.1, 0.15) is 17.2 Å². The average molecular weight is 432 g/mol. The Morgan fingerprint density at radius 2 is 1.68 bits per heavy atom. The minimum Gasteiger partial charge on any atom is -0.306 e. The van der Waals surface area contributed by atoms with E-state index in [2.05, 4.69) is 0 Å². The van der Waals surface area contributed by atoms with Gasteiger partial charge in [-0.2, -0.15) is 0 Å². The van der Waals surface area contributed by atoms with E-state index >= 15 is 0 Å². The van der Waals surface area contributed by atoms with Crippen LogP contribution in [-0.2, 0) is 24.3 Å². The van der Waals surface area contributed by atoms with Gasteiger partial charge >= 0.3 is 0 Å². The molecule has 2 heterocycles. The third-order valence-corrected chi connectivity index (χ3v) is 6.63. The van der Waals surface area contributed by atoms with Gasteiger partial charge in [-0.05, 0) is 37.1 Å². The summed E-state index contributed by atoms with van der Waals surface area (Å²) < 4.78 is 1.55. The molecule has 0 fully saturated rings. The molecule has 6 heteroatoms. The fourth-order valence-corrected chi connectivity index (χ4v) is 4.76. The first-order chi connectivity index (χ1) is 15.0. The summed E-state index contributed by atoms with van der Waals surface area (Å²) in [5, 5.41) is 0.627. The fraction of sp³-hybridized carbons (Fsp3) is 0.240. The zero-order valence-corrected chi connectivity index (χ0v) is 18.8. The van der Waals surface area contributed by atoms with E-state index in [1.165, 1.54) is 11.3 Å². The second-order valence-corrected chi connectivity index (χ2v) is 8.74. The van der Waals surface area contributed by atoms with Gasteiger partial charge in [0.2, 0.25) is 5.91 Å². The topological polar surface area (TPSA) is 55.2 Å². The molecule has 0 N–H and O–H groups in total. The van der Waals surface area contributed by atoms with Crippen molar-refractivity contribution in [1.29, 1.82) is 0 Å². The Bertz CT molecular complexity index is 1280. The number of thiophene rings is 1. The summed E-state index contributed by atoms with van der Waals surface area (Å²) >= 11 is 1.54. The highest BCUT2D eigenvalue weighted by atomic mass is 32.1. The number of amides is 1. The van der Waals surface area contributed by atoms with E-state index in [0.717, 1.165) is 26.5 Å². The quantitative estimate of drug-likeness (QED) is 0.438. The number of nitrogens with zero attached hydrogens (tertiary/aromatic N) is 3. The van der Waals surface area contributed by atoms with E-state index in [9.17, 15) is 9.59 Å². The van der Waals surface area contributed by atoms with Crippen LogP contribution in [0.1, 0.15) is 28.8 Å². The lowest BCUT2D eigenvalue weighted by Crippen LogP contribution is -2.37. The molecule has 31 heavy (non-hydrogen) atoms. The lowest BCUT2D eigenvalue weighted by atomic mass is 10.2. The Kier molecular flexibility index (Phi) is 6.00. The highest BCUT2D eigenvalue weighted by Crippen LogP contribution is 2.26. The minimum atomic E-state index is -0.141. The van der Waals surface area contributed by atoms with Crippen molar-refractivity contribution in [2.45, 2.75) is 40.3 Å². The normalized spacial score (nSPS) is 11.1. The molecule has 0 saturated carbocycles. The first-order valence-electron chi connectivity index (χ1n) is 10.4. The van der Waals surface area contributed by atoms with Crippen LogP contribution in [0.25, 0.3) is 10.2 Å². The second-order valence-electron chi connectivity index (χ2n) is 7.54. The van der Waals surface area contributed by atoms with E-state index in [1.54, 1.807) is 9.47 Å². The Morgan fingerprint density at radius 3 is 2.32 bits per heavy atom. The first-order valence-corrected chi connectivity index (χ1v) is 11.2. The smallest absolute Gasteiger partial charge is 0.263 e. The van der Waals surface area contributed by atoms with Crippen molar-refractivity contribution in [3.8, 4) is 0 Å². The zero-order chi connectivity index (χ0) is 22.0. The Morgan fingerprint density at radius 1 is 1.03 bits per heavy atom. The lowest BCUT2D eigenvalue weighted by molar-refractivity contribution is -0.119. The van der Waals surface area contributed by atoms with Gasteiger partial charge in [-0.15, -0.1) is 11.3 Å². The molecule has 0 aliphatic carbocycles. The molecule has 2 aromatic carbocycles. The van der Waals surface area contributed by atoms with Crippen molar-refractivity contribution in [1.82, 2.24) is 9.55 Å². The maximum Gasteiger partial charge on any atom is 0.263 e. The summed E-state index contributed by atoms with van der Waals surface area (Å²) in [5.74, 6) is 0.498. The number of carbonyl (C=O) groups excluding carboxylic acids is 1. The van der Waals surface area contributed by atoms with Crippen molar-refractivity contribution >= 4 is 33.1 Å². The van der Waals surface area contributed by atoms with Crippen LogP contribution in [0.3, 0.4) is 0 Å². The van der Waals surface area contributed by atoms with Gasteiger partial charge in [-0.25, -0.2) is 4.98 Å². The van der Waals surface area contributed by atoms with Crippen LogP contribution in [0, 0.1) is 13.8 Å². The largest absolute Gasteiger partial charge is 0.306 e. The highest BCUT2D eigenvalue weighted by Gasteiger charge is 2.21. The molecule has 4 aromatic rings. The van der Waals surface area contributed by atoms with E-state index in [1.807, 2.05) is 81.4 Å². The molecule has 0 atom stereocenters. The Labute approximate surface area is 185 Å². The molecule has 1 amide bonds. The van der Waals surface area contributed by atoms with Gasteiger partial charge in [0.25, 0.3) is 5.56 Å². The number of hydrogen-bond donors (Lipinski definition) is 0. The van der Waals surface area contributed by atoms with Gasteiger partial charge in [0.15, 0.2) is 0 Å². The number of fused-ring (bicyclic) bond motifs is 1. The van der Waals surface area contributed by atoms with Gasteiger partial charge in [0.05, 0.1) is 11.9 Å². The van der Waals surface area contributed by atoms with Crippen LogP contribution >= 0.6 is 11.3 Å². The third-order valence-electron chi connectivity index (χ3n) is 5.53. The summed E-state index contributed by atoms with van der Waals surface area (Å²) in [4.78, 5) is 35.1. The molecular weight excluding hydrogens is 406 g/mol. The molecule has 0 unspecified atom stereocenters. The predicted molar refractivity (Wildman–Crippen MR) is 127 cm³/mol. The molecule has 0 radical (unpaired) electrons. The van der Waals surface area contributed by atoms with Gasteiger partial charge < -0.3 is 4.90 Å². The van der Waals surface area contributed by atoms with E-state index in [-0.39, 0.29) is 18.0 Å². The summed E-state index contributed by atoms with van der Waals surface area (Å²) in [6.45, 7) is 6.30. The maximum absolute atomic E-state index is 13.5. The highest BCUT2D eigenvalue weighted by molar-refractivity contribution is 7.18. The summed E-state index contributed by atoms with van der Waals surface area (Å²) in [6, 6.07) is 19.5. The Hall–Kier alpha value is -3.25. The van der Waals surface area contributed by atoms with Crippen LogP contribution in [0.2, 0.25) is 0 Å². The van der Waals surface area contributed by atoms with Gasteiger partial charge in [-0.1, -0.05) is 55.5 Å². The summed E-state index contributed by atoms with van der Waals surface area (Å²) in [5.41, 5.74) is 2.65. The maximum atomic E-state index is 13.5. The van der Waals surface area contributed by atoms with Crippen molar-refractivity contribution in [2.75, 3.05) is 4.90 Å². The van der Waals surface area contributed by atoms with Crippen molar-refractivity contribution < 1.29 is 4.79 Å². The van der Waals surface area contributed by atoms with Crippen LogP contribution < -0.4 is 10.5 Å². The predicted octanol–water partition coefficient (Wildman–Crippen LogP) is 4.87. The van der Waals surface area contributed by atoms with Crippen LogP contribution in [-0.4, -0.2) is 15.5 Å². The fourth-order valence-electron chi connectivity index (χ4n) is 3.72. The number of hydrogen-bond acceptors (Lipinski definition) is 4. The monoisotopic (exact) mass is 431 g/mol. The van der Waals surface area contributed by atoms with Crippen molar-refractivity contribution in [3.05, 3.63) is 92.8 Å². The molecule has 0 aliphatic heterocycles. The van der Waals surface area contributed by atoms with Crippen molar-refractivity contribution in [3.63, 3.8) is 0 Å². The van der Waals surface area contributed by atoms with Gasteiger partial charge in [-0.3, -0.25) is 14.2 Å². The second kappa shape index (κ2) is 8.86. The van der Waals surface area contributed by atoms with Crippen LogP contribution in [0.5, 0.6) is 0 Å². The van der Waals surface area contributed by atoms with Crippen LogP contribution in [0.15, 0.2) is 65.5 Å². The molecule has 158 valence electrons. The Balaban J connectivity index is 1.75. The average Bonchev–Trinajstić information content (AvgIpc) is 3.08. The number of aromatic nitrogens is 2. The first kappa shape index (κ1) is 21.0. The molecule has 2 aromatic heterocycles. The van der Waals surface area contributed by atoms with Crippen LogP contribution in [0.4, 0.5) is 5.69 Å². The number of aryl methyl sites for hydroxylation is 3. The summed E-state index contributed by atoms with van der Waals surface area (Å²) in [7, 11) is 0. The molecule has 0 saturated heterocycles. The van der Waals surface area contributed by atoms with Crippen molar-refractivity contribution in [2.24, 2.45) is 0 Å². The molecular formula is C25H25N3O2S. The number of benzene rings is 2. The number of para-hydroxylation sites is 1. The van der Waals surface area contributed by atoms with E-state index in [0.29, 0.717) is 24.2 Å². The molecule has 0 spiro atoms. The molecule has 0 bridgehead atoms. The standard InChI is InChI=1S/C25H25N3O2S/c1-4-21-26-24-23(17(2)18(3)31-24)25(30)28(21)16-22(29)27(20-13-9-6-10-14-20)15-19-11-7-5-8-12-19/h5-14H,4,15-16H2,1-3H3. The molecule has 0 aliphatic rings. The lowest BCUT2D eigenvalue weighted by Gasteiger charge is -2.24. The minimum absolute atomic E-state index is 0.0407. The molecule has 4 rings (SSSR count). The SMILES string of the molecule is CCc1nc2sc(C)c(C)c2c(=O)n1CC(=O)N(Cc1ccccc1)c1ccccc1.